The summed E-state index contributed by atoms with van der Waals surface area (Å²) in [5, 5.41) is 17.3. The second kappa shape index (κ2) is 3.14. The van der Waals surface area contributed by atoms with Gasteiger partial charge in [0.2, 0.25) is 0 Å². The molecule has 1 aromatic carbocycles. The SMILES string of the molecule is [15NH2]c1cccc(C(=O)O)c1C(=O)O. The number of nitrogens with two attached hydrogens (primary N) is 1. The summed E-state index contributed by atoms with van der Waals surface area (Å²) in [4.78, 5) is 21.2. The van der Waals surface area contributed by atoms with E-state index in [1.807, 2.05) is 0 Å². The van der Waals surface area contributed by atoms with E-state index in [1.54, 1.807) is 0 Å². The van der Waals surface area contributed by atoms with E-state index >= 15 is 0 Å². The Bertz CT molecular complexity index is 372. The highest BCUT2D eigenvalue weighted by molar-refractivity contribution is 6.05. The summed E-state index contributed by atoms with van der Waals surface area (Å²) in [6.45, 7) is 0. The minimum Gasteiger partial charge on any atom is -0.478 e. The third-order valence-corrected chi connectivity index (χ3v) is 1.54. The van der Waals surface area contributed by atoms with Crippen LogP contribution in [0.5, 0.6) is 0 Å². The molecular weight excluding hydrogens is 175 g/mol. The first-order valence-corrected chi connectivity index (χ1v) is 3.39. The number of rotatable bonds is 2. The first-order valence-electron chi connectivity index (χ1n) is 3.39. The van der Waals surface area contributed by atoms with Crippen molar-refractivity contribution in [2.75, 3.05) is 5.73 Å². The molecule has 0 saturated heterocycles. The van der Waals surface area contributed by atoms with Crippen LogP contribution in [0.1, 0.15) is 20.7 Å². The summed E-state index contributed by atoms with van der Waals surface area (Å²) in [7, 11) is 0. The van der Waals surface area contributed by atoms with Crippen molar-refractivity contribution in [2.45, 2.75) is 0 Å². The van der Waals surface area contributed by atoms with Gasteiger partial charge < -0.3 is 15.9 Å². The zero-order valence-corrected chi connectivity index (χ0v) is 6.52. The molecule has 1 aromatic rings. The van der Waals surface area contributed by atoms with Gasteiger partial charge in [0.1, 0.15) is 0 Å². The third-order valence-electron chi connectivity index (χ3n) is 1.54. The molecule has 0 radical (unpaired) electrons. The van der Waals surface area contributed by atoms with E-state index in [0.29, 0.717) is 0 Å². The van der Waals surface area contributed by atoms with Crippen molar-refractivity contribution >= 4 is 17.6 Å². The van der Waals surface area contributed by atoms with Crippen LogP contribution in [0.15, 0.2) is 18.2 Å². The minimum absolute atomic E-state index is 0.0487. The average Bonchev–Trinajstić information content (AvgIpc) is 2.02. The maximum atomic E-state index is 10.6. The van der Waals surface area contributed by atoms with Crippen LogP contribution in [0, 0.1) is 0 Å². The van der Waals surface area contributed by atoms with Crippen LogP contribution in [-0.4, -0.2) is 22.2 Å². The molecule has 0 unspecified atom stereocenters. The predicted molar refractivity (Wildman–Crippen MR) is 44.8 cm³/mol. The molecule has 0 aliphatic rings. The molecular formula is C8H7NO4. The molecule has 68 valence electrons. The summed E-state index contributed by atoms with van der Waals surface area (Å²) < 4.78 is 0. The van der Waals surface area contributed by atoms with E-state index in [1.165, 1.54) is 18.2 Å². The Balaban J connectivity index is 3.43. The number of carboxylic acid groups (broad SMARTS) is 2. The summed E-state index contributed by atoms with van der Waals surface area (Å²) >= 11 is 0. The first-order chi connectivity index (χ1) is 6.04. The van der Waals surface area contributed by atoms with Crippen molar-refractivity contribution in [3.8, 4) is 0 Å². The van der Waals surface area contributed by atoms with E-state index in [-0.39, 0.29) is 16.8 Å². The molecule has 0 heterocycles. The Labute approximate surface area is 73.4 Å². The van der Waals surface area contributed by atoms with E-state index < -0.39 is 11.9 Å². The maximum absolute atomic E-state index is 10.6. The normalized spacial score (nSPS) is 9.54. The Morgan fingerprint density at radius 3 is 2.15 bits per heavy atom. The fraction of sp³-hybridized carbons (Fsp3) is 0. The maximum Gasteiger partial charge on any atom is 0.338 e. The van der Waals surface area contributed by atoms with Gasteiger partial charge in [0.05, 0.1) is 11.1 Å². The lowest BCUT2D eigenvalue weighted by Crippen LogP contribution is -2.10. The summed E-state index contributed by atoms with van der Waals surface area (Å²) in [6, 6.07) is 3.93. The van der Waals surface area contributed by atoms with Crippen LogP contribution in [0.25, 0.3) is 0 Å². The topological polar surface area (TPSA) is 101 Å². The molecule has 0 bridgehead atoms. The molecule has 0 fully saturated rings. The van der Waals surface area contributed by atoms with Crippen molar-refractivity contribution in [2.24, 2.45) is 0 Å². The molecule has 0 saturated carbocycles. The fourth-order valence-electron chi connectivity index (χ4n) is 0.987. The van der Waals surface area contributed by atoms with E-state index in [0.717, 1.165) is 0 Å². The van der Waals surface area contributed by atoms with Gasteiger partial charge in [0.15, 0.2) is 0 Å². The Hall–Kier alpha value is -2.04. The van der Waals surface area contributed by atoms with Gasteiger partial charge in [-0.3, -0.25) is 0 Å². The summed E-state index contributed by atoms with van der Waals surface area (Å²) in [5.41, 5.74) is 4.60. The molecule has 0 aliphatic heterocycles. The highest BCUT2D eigenvalue weighted by Gasteiger charge is 2.17. The van der Waals surface area contributed by atoms with Gasteiger partial charge in [-0.1, -0.05) is 6.07 Å². The lowest BCUT2D eigenvalue weighted by atomic mass is 10.1. The molecule has 0 aromatic heterocycles. The standard InChI is InChI=1S/C8H7NO4/c9-5-3-1-2-4(7(10)11)6(5)8(12)13/h1-3H,9H2,(H,10,11)(H,12,13)/i9+1. The number of benzene rings is 1. The van der Waals surface area contributed by atoms with E-state index in [4.69, 9.17) is 15.9 Å². The van der Waals surface area contributed by atoms with Crippen molar-refractivity contribution in [1.29, 1.82) is 0 Å². The smallest absolute Gasteiger partial charge is 0.338 e. The molecule has 5 heteroatoms. The number of nitrogen functional groups attached to an aromatic ring is 1. The average molecular weight is 182 g/mol. The second-order valence-corrected chi connectivity index (χ2v) is 2.38. The van der Waals surface area contributed by atoms with E-state index in [2.05, 4.69) is 0 Å². The lowest BCUT2D eigenvalue weighted by Gasteiger charge is -2.03. The zero-order chi connectivity index (χ0) is 10.0. The Morgan fingerprint density at radius 1 is 1.15 bits per heavy atom. The number of hydrogen-bond acceptors (Lipinski definition) is 3. The van der Waals surface area contributed by atoms with Crippen molar-refractivity contribution < 1.29 is 19.8 Å². The van der Waals surface area contributed by atoms with Crippen molar-refractivity contribution in [3.63, 3.8) is 0 Å². The minimum atomic E-state index is -1.34. The largest absolute Gasteiger partial charge is 0.478 e. The van der Waals surface area contributed by atoms with Gasteiger partial charge in [-0.25, -0.2) is 9.59 Å². The van der Waals surface area contributed by atoms with Gasteiger partial charge >= 0.3 is 11.9 Å². The van der Waals surface area contributed by atoms with Crippen LogP contribution in [0.2, 0.25) is 0 Å². The van der Waals surface area contributed by atoms with Crippen LogP contribution < -0.4 is 5.73 Å². The van der Waals surface area contributed by atoms with Crippen molar-refractivity contribution in [3.05, 3.63) is 29.3 Å². The second-order valence-electron chi connectivity index (χ2n) is 2.38. The number of anilines is 1. The van der Waals surface area contributed by atoms with Crippen LogP contribution >= 0.6 is 0 Å². The van der Waals surface area contributed by atoms with Gasteiger partial charge in [-0.15, -0.1) is 0 Å². The monoisotopic (exact) mass is 182 g/mol. The lowest BCUT2D eigenvalue weighted by molar-refractivity contribution is 0.0652. The van der Waals surface area contributed by atoms with Gasteiger partial charge in [-0.05, 0) is 12.1 Å². The molecule has 1 rings (SSSR count). The van der Waals surface area contributed by atoms with Crippen LogP contribution in [-0.2, 0) is 0 Å². The quantitative estimate of drug-likeness (QED) is 0.460. The number of hydrogen-bond donors (Lipinski definition) is 3. The highest BCUT2D eigenvalue weighted by Crippen LogP contribution is 2.16. The summed E-state index contributed by atoms with van der Waals surface area (Å²) in [5.74, 6) is -2.64. The number of carboxylic acids is 2. The first kappa shape index (κ1) is 9.05. The van der Waals surface area contributed by atoms with Gasteiger partial charge in [-0.2, -0.15) is 0 Å². The van der Waals surface area contributed by atoms with Crippen LogP contribution in [0.3, 0.4) is 0 Å². The fourth-order valence-corrected chi connectivity index (χ4v) is 0.987. The molecule has 5 nitrogen and oxygen atoms in total. The van der Waals surface area contributed by atoms with Crippen LogP contribution in [0.4, 0.5) is 5.69 Å². The predicted octanol–water partition coefficient (Wildman–Crippen LogP) is 0.665. The molecule has 0 amide bonds. The molecule has 4 N–H and O–H groups in total. The molecule has 0 aliphatic carbocycles. The molecule has 0 spiro atoms. The van der Waals surface area contributed by atoms with Gasteiger partial charge in [0.25, 0.3) is 0 Å². The number of carbonyl (C=O) groups is 2. The summed E-state index contributed by atoms with van der Waals surface area (Å²) in [6.07, 6.45) is 0. The van der Waals surface area contributed by atoms with Crippen molar-refractivity contribution in [1.82, 2.24) is 0 Å². The Morgan fingerprint density at radius 2 is 1.77 bits per heavy atom. The zero-order valence-electron chi connectivity index (χ0n) is 6.52. The number of aromatic carboxylic acids is 2. The molecule has 13 heavy (non-hydrogen) atoms. The molecule has 0 atom stereocenters. The third kappa shape index (κ3) is 1.58. The Kier molecular flexibility index (Phi) is 2.19. The van der Waals surface area contributed by atoms with Gasteiger partial charge in [0, 0.05) is 5.69 Å². The highest BCUT2D eigenvalue weighted by atomic mass is 16.4. The van der Waals surface area contributed by atoms with E-state index in [9.17, 15) is 9.59 Å².